The Bertz CT molecular complexity index is 1180. The van der Waals surface area contributed by atoms with Gasteiger partial charge in [0.15, 0.2) is 18.1 Å². The highest BCUT2D eigenvalue weighted by Gasteiger charge is 2.09. The lowest BCUT2D eigenvalue weighted by atomic mass is 10.1. The van der Waals surface area contributed by atoms with Gasteiger partial charge in [0.25, 0.3) is 11.6 Å². The summed E-state index contributed by atoms with van der Waals surface area (Å²) in [4.78, 5) is 22.5. The number of aryl methyl sites for hydroxylation is 2. The van der Waals surface area contributed by atoms with Crippen molar-refractivity contribution in [1.29, 1.82) is 0 Å². The maximum absolute atomic E-state index is 12.2. The molecule has 170 valence electrons. The van der Waals surface area contributed by atoms with Gasteiger partial charge in [-0.1, -0.05) is 6.07 Å². The number of nitrogens with zero attached hydrogens (tertiary/aromatic N) is 2. The minimum Gasteiger partial charge on any atom is -0.493 e. The summed E-state index contributed by atoms with van der Waals surface area (Å²) in [7, 11) is 1.51. The average molecular weight is 448 g/mol. The summed E-state index contributed by atoms with van der Waals surface area (Å²) >= 11 is 0. The molecule has 2 N–H and O–H groups in total. The highest BCUT2D eigenvalue weighted by atomic mass is 16.6. The van der Waals surface area contributed by atoms with Gasteiger partial charge in [-0.15, -0.1) is 0 Å². The molecule has 33 heavy (non-hydrogen) atoms. The van der Waals surface area contributed by atoms with Crippen LogP contribution in [0.5, 0.6) is 11.5 Å². The van der Waals surface area contributed by atoms with Crippen LogP contribution >= 0.6 is 0 Å². The molecule has 0 radical (unpaired) electrons. The quantitative estimate of drug-likeness (QED) is 0.279. The molecule has 0 fully saturated rings. The molecule has 3 rings (SSSR count). The lowest BCUT2D eigenvalue weighted by Crippen LogP contribution is -2.20. The molecule has 9 heteroatoms. The molecular weight excluding hydrogens is 424 g/mol. The number of nitro groups is 1. The highest BCUT2D eigenvalue weighted by Crippen LogP contribution is 2.27. The molecule has 0 aliphatic heterocycles. The van der Waals surface area contributed by atoms with Gasteiger partial charge in [-0.3, -0.25) is 20.3 Å². The molecule has 0 unspecified atom stereocenters. The number of benzene rings is 3. The molecule has 0 aliphatic carbocycles. The smallest absolute Gasteiger partial charge is 0.269 e. The van der Waals surface area contributed by atoms with Crippen molar-refractivity contribution in [2.24, 2.45) is 5.10 Å². The van der Waals surface area contributed by atoms with Crippen LogP contribution in [0.1, 0.15) is 16.7 Å². The second-order valence-corrected chi connectivity index (χ2v) is 7.22. The molecule has 9 nitrogen and oxygen atoms in total. The van der Waals surface area contributed by atoms with Gasteiger partial charge < -0.3 is 14.8 Å². The molecule has 0 aromatic heterocycles. The maximum atomic E-state index is 12.2. The molecule has 0 heterocycles. The van der Waals surface area contributed by atoms with E-state index < -0.39 is 4.92 Å². The zero-order chi connectivity index (χ0) is 23.8. The predicted octanol–water partition coefficient (Wildman–Crippen LogP) is 4.68. The van der Waals surface area contributed by atoms with E-state index in [0.717, 1.165) is 16.7 Å². The summed E-state index contributed by atoms with van der Waals surface area (Å²) < 4.78 is 11.0. The Morgan fingerprint density at radius 2 is 1.73 bits per heavy atom. The molecule has 0 saturated carbocycles. The Balaban J connectivity index is 1.57. The molecule has 0 aliphatic rings. The second-order valence-electron chi connectivity index (χ2n) is 7.22. The molecule has 0 atom stereocenters. The lowest BCUT2D eigenvalue weighted by molar-refractivity contribution is -0.384. The average Bonchev–Trinajstić information content (AvgIpc) is 2.80. The van der Waals surface area contributed by atoms with Crippen molar-refractivity contribution in [2.45, 2.75) is 13.8 Å². The highest BCUT2D eigenvalue weighted by molar-refractivity contribution is 5.92. The number of non-ortho nitro benzene ring substituents is 1. The van der Waals surface area contributed by atoms with Crippen LogP contribution in [-0.4, -0.2) is 30.8 Å². The molecule has 0 spiro atoms. The Morgan fingerprint density at radius 3 is 2.39 bits per heavy atom. The topological polar surface area (TPSA) is 115 Å². The fraction of sp³-hybridized carbons (Fsp3) is 0.167. The van der Waals surface area contributed by atoms with Crippen LogP contribution < -0.4 is 20.2 Å². The van der Waals surface area contributed by atoms with Crippen molar-refractivity contribution in [1.82, 2.24) is 0 Å². The van der Waals surface area contributed by atoms with E-state index in [0.29, 0.717) is 22.9 Å². The zero-order valence-corrected chi connectivity index (χ0v) is 18.5. The van der Waals surface area contributed by atoms with Crippen molar-refractivity contribution in [2.75, 3.05) is 24.5 Å². The third kappa shape index (κ3) is 6.54. The summed E-state index contributed by atoms with van der Waals surface area (Å²) in [5.74, 6) is 0.597. The Labute approximate surface area is 191 Å². The van der Waals surface area contributed by atoms with E-state index in [4.69, 9.17) is 9.47 Å². The number of hydrogen-bond donors (Lipinski definition) is 2. The number of nitrogens with one attached hydrogen (secondary N) is 2. The van der Waals surface area contributed by atoms with Crippen molar-refractivity contribution < 1.29 is 19.2 Å². The molecule has 0 saturated heterocycles. The number of hydrogen-bond acceptors (Lipinski definition) is 7. The van der Waals surface area contributed by atoms with Crippen molar-refractivity contribution in [3.8, 4) is 11.5 Å². The van der Waals surface area contributed by atoms with Crippen LogP contribution in [0, 0.1) is 24.0 Å². The van der Waals surface area contributed by atoms with Gasteiger partial charge in [0.05, 0.1) is 23.9 Å². The molecular formula is C24H24N4O5. The maximum Gasteiger partial charge on any atom is 0.269 e. The van der Waals surface area contributed by atoms with E-state index in [9.17, 15) is 14.9 Å². The van der Waals surface area contributed by atoms with Gasteiger partial charge in [0.1, 0.15) is 0 Å². The van der Waals surface area contributed by atoms with Gasteiger partial charge >= 0.3 is 0 Å². The van der Waals surface area contributed by atoms with Crippen LogP contribution in [0.2, 0.25) is 0 Å². The third-order valence-corrected chi connectivity index (χ3v) is 4.82. The fourth-order valence-corrected chi connectivity index (χ4v) is 2.88. The number of ether oxygens (including phenoxy) is 2. The van der Waals surface area contributed by atoms with E-state index in [1.807, 2.05) is 32.0 Å². The summed E-state index contributed by atoms with van der Waals surface area (Å²) in [6.07, 6.45) is 1.57. The van der Waals surface area contributed by atoms with E-state index in [-0.39, 0.29) is 18.2 Å². The second kappa shape index (κ2) is 10.8. The number of amides is 1. The standard InChI is InChI=1S/C24H24N4O5/c1-16-4-6-20(12-17(16)2)26-24(29)15-33-22-11-5-18(13-23(22)32-3)14-25-27-19-7-9-21(10-8-19)28(30)31/h4-14,27H,15H2,1-3H3,(H,26,29)/b25-14-. The molecule has 3 aromatic rings. The normalized spacial score (nSPS) is 10.6. The van der Waals surface area contributed by atoms with E-state index in [1.54, 1.807) is 36.5 Å². The summed E-state index contributed by atoms with van der Waals surface area (Å²) in [5.41, 5.74) is 7.11. The number of carbonyl (C=O) groups is 1. The lowest BCUT2D eigenvalue weighted by Gasteiger charge is -2.12. The molecule has 3 aromatic carbocycles. The predicted molar refractivity (Wildman–Crippen MR) is 127 cm³/mol. The molecule has 1 amide bonds. The first kappa shape index (κ1) is 23.3. The Morgan fingerprint density at radius 1 is 1.00 bits per heavy atom. The number of rotatable bonds is 9. The Hall–Kier alpha value is -4.40. The van der Waals surface area contributed by atoms with E-state index >= 15 is 0 Å². The van der Waals surface area contributed by atoms with Crippen molar-refractivity contribution in [3.05, 3.63) is 87.5 Å². The number of nitro benzene ring substituents is 1. The van der Waals surface area contributed by atoms with Crippen molar-refractivity contribution in [3.63, 3.8) is 0 Å². The molecule has 0 bridgehead atoms. The van der Waals surface area contributed by atoms with E-state index in [2.05, 4.69) is 15.8 Å². The number of methoxy groups -OCH3 is 1. The van der Waals surface area contributed by atoms with Gasteiger partial charge in [0.2, 0.25) is 0 Å². The van der Waals surface area contributed by atoms with Gasteiger partial charge in [-0.05, 0) is 73.0 Å². The van der Waals surface area contributed by atoms with Crippen LogP contribution in [-0.2, 0) is 4.79 Å². The minimum absolute atomic E-state index is 0.00696. The van der Waals surface area contributed by atoms with E-state index in [1.165, 1.54) is 19.2 Å². The fourth-order valence-electron chi connectivity index (χ4n) is 2.88. The van der Waals surface area contributed by atoms with Gasteiger partial charge in [-0.2, -0.15) is 5.10 Å². The summed E-state index contributed by atoms with van der Waals surface area (Å²) in [6, 6.07) is 16.8. The Kier molecular flexibility index (Phi) is 7.59. The minimum atomic E-state index is -0.462. The number of carbonyl (C=O) groups excluding carboxylic acids is 1. The first-order chi connectivity index (χ1) is 15.9. The first-order valence-corrected chi connectivity index (χ1v) is 10.1. The van der Waals surface area contributed by atoms with Gasteiger partial charge in [-0.25, -0.2) is 0 Å². The number of hydrazone groups is 1. The van der Waals surface area contributed by atoms with Crippen LogP contribution in [0.15, 0.2) is 65.8 Å². The largest absolute Gasteiger partial charge is 0.493 e. The summed E-state index contributed by atoms with van der Waals surface area (Å²) in [6.45, 7) is 3.83. The first-order valence-electron chi connectivity index (χ1n) is 10.1. The van der Waals surface area contributed by atoms with Crippen LogP contribution in [0.4, 0.5) is 17.1 Å². The van der Waals surface area contributed by atoms with Crippen molar-refractivity contribution >= 4 is 29.2 Å². The SMILES string of the molecule is COc1cc(/C=N\Nc2ccc([N+](=O)[O-])cc2)ccc1OCC(=O)Nc1ccc(C)c(C)c1. The number of anilines is 2. The van der Waals surface area contributed by atoms with Crippen LogP contribution in [0.25, 0.3) is 0 Å². The van der Waals surface area contributed by atoms with Gasteiger partial charge in [0, 0.05) is 17.8 Å². The third-order valence-electron chi connectivity index (χ3n) is 4.82. The summed E-state index contributed by atoms with van der Waals surface area (Å²) in [5, 5.41) is 17.6. The zero-order valence-electron chi connectivity index (χ0n) is 18.5. The van der Waals surface area contributed by atoms with Crippen LogP contribution in [0.3, 0.4) is 0 Å². The monoisotopic (exact) mass is 448 g/mol.